The van der Waals surface area contributed by atoms with Gasteiger partial charge in [-0.25, -0.2) is 0 Å². The highest BCUT2D eigenvalue weighted by atomic mass is 79.9. The zero-order valence-electron chi connectivity index (χ0n) is 14.7. The Kier molecular flexibility index (Phi) is 6.13. The van der Waals surface area contributed by atoms with E-state index in [0.717, 1.165) is 10.0 Å². The van der Waals surface area contributed by atoms with E-state index in [0.29, 0.717) is 37.5 Å². The van der Waals surface area contributed by atoms with E-state index in [1.807, 2.05) is 24.3 Å². The number of ether oxygens (including phenoxy) is 2. The maximum atomic E-state index is 13.2. The molecule has 2 aromatic carbocycles. The molecule has 0 atom stereocenters. The van der Waals surface area contributed by atoms with Gasteiger partial charge >= 0.3 is 0 Å². The summed E-state index contributed by atoms with van der Waals surface area (Å²) in [6.45, 7) is 0.908. The van der Waals surface area contributed by atoms with E-state index < -0.39 is 11.3 Å². The fourth-order valence-corrected chi connectivity index (χ4v) is 3.44. The highest BCUT2D eigenvalue weighted by Crippen LogP contribution is 2.36. The predicted octanol–water partition coefficient (Wildman–Crippen LogP) is 3.00. The van der Waals surface area contributed by atoms with Gasteiger partial charge in [0.2, 0.25) is 5.91 Å². The number of amides is 2. The number of rotatable bonds is 6. The smallest absolute Gasteiger partial charge is 0.255 e. The van der Waals surface area contributed by atoms with Crippen molar-refractivity contribution in [3.05, 3.63) is 58.6 Å². The lowest BCUT2D eigenvalue weighted by molar-refractivity contribution is -0.125. The van der Waals surface area contributed by atoms with Crippen LogP contribution in [0.15, 0.2) is 53.0 Å². The van der Waals surface area contributed by atoms with Crippen LogP contribution >= 0.6 is 15.9 Å². The zero-order chi connectivity index (χ0) is 19.3. The number of hydrogen-bond donors (Lipinski definition) is 2. The van der Waals surface area contributed by atoms with Crippen LogP contribution in [-0.2, 0) is 19.7 Å². The standard InChI is InChI=1S/C20H21BrN2O4/c21-15-3-1-14(2-4-15)20(9-11-26-12-10-20)19(25)23-16-5-7-17(8-6-16)27-13-18(22)24/h1-8H,9-13H2,(H2,22,24)(H,23,25). The van der Waals surface area contributed by atoms with Crippen molar-refractivity contribution in [3.8, 4) is 5.75 Å². The summed E-state index contributed by atoms with van der Waals surface area (Å²) in [5.74, 6) is -0.0808. The molecule has 1 aliphatic rings. The molecule has 2 aromatic rings. The second-order valence-corrected chi connectivity index (χ2v) is 7.35. The fraction of sp³-hybridized carbons (Fsp3) is 0.300. The van der Waals surface area contributed by atoms with Crippen molar-refractivity contribution in [2.45, 2.75) is 18.3 Å². The predicted molar refractivity (Wildman–Crippen MR) is 106 cm³/mol. The number of hydrogen-bond acceptors (Lipinski definition) is 4. The number of carbonyl (C=O) groups is 2. The Labute approximate surface area is 166 Å². The van der Waals surface area contributed by atoms with Crippen LogP contribution in [0.2, 0.25) is 0 Å². The van der Waals surface area contributed by atoms with Gasteiger partial charge in [-0.2, -0.15) is 0 Å². The molecule has 142 valence electrons. The molecule has 1 aliphatic heterocycles. The first-order valence-electron chi connectivity index (χ1n) is 8.66. The molecule has 3 rings (SSSR count). The molecule has 1 saturated heterocycles. The molecule has 0 bridgehead atoms. The van der Waals surface area contributed by atoms with Gasteiger partial charge in [0.15, 0.2) is 6.61 Å². The third-order valence-corrected chi connectivity index (χ3v) is 5.20. The molecular formula is C20H21BrN2O4. The molecule has 2 amide bonds. The largest absolute Gasteiger partial charge is 0.484 e. The van der Waals surface area contributed by atoms with Crippen LogP contribution in [-0.4, -0.2) is 31.6 Å². The molecule has 0 aliphatic carbocycles. The fourth-order valence-electron chi connectivity index (χ4n) is 3.18. The molecule has 6 nitrogen and oxygen atoms in total. The molecule has 0 radical (unpaired) electrons. The summed E-state index contributed by atoms with van der Waals surface area (Å²) < 4.78 is 11.7. The number of nitrogens with one attached hydrogen (secondary N) is 1. The highest BCUT2D eigenvalue weighted by Gasteiger charge is 2.41. The summed E-state index contributed by atoms with van der Waals surface area (Å²) in [5, 5.41) is 3.00. The van der Waals surface area contributed by atoms with E-state index in [2.05, 4.69) is 21.2 Å². The van der Waals surface area contributed by atoms with Crippen LogP contribution in [0.5, 0.6) is 5.75 Å². The Morgan fingerprint density at radius 3 is 2.30 bits per heavy atom. The number of anilines is 1. The molecule has 1 heterocycles. The van der Waals surface area contributed by atoms with Gasteiger partial charge in [-0.3, -0.25) is 9.59 Å². The summed E-state index contributed by atoms with van der Waals surface area (Å²) in [6.07, 6.45) is 1.25. The van der Waals surface area contributed by atoms with Gasteiger partial charge in [0.05, 0.1) is 5.41 Å². The van der Waals surface area contributed by atoms with Gasteiger partial charge in [0, 0.05) is 23.4 Å². The van der Waals surface area contributed by atoms with Crippen LogP contribution in [0.4, 0.5) is 5.69 Å². The van der Waals surface area contributed by atoms with Crippen molar-refractivity contribution in [1.82, 2.24) is 0 Å². The topological polar surface area (TPSA) is 90.7 Å². The zero-order valence-corrected chi connectivity index (χ0v) is 16.3. The average Bonchev–Trinajstić information content (AvgIpc) is 2.68. The Balaban J connectivity index is 1.77. The van der Waals surface area contributed by atoms with Gasteiger partial charge < -0.3 is 20.5 Å². The lowest BCUT2D eigenvalue weighted by atomic mass is 9.73. The molecule has 7 heteroatoms. The first-order chi connectivity index (χ1) is 13.0. The molecule has 0 unspecified atom stereocenters. The van der Waals surface area contributed by atoms with E-state index in [1.54, 1.807) is 24.3 Å². The molecule has 0 spiro atoms. The van der Waals surface area contributed by atoms with Crippen molar-refractivity contribution in [2.24, 2.45) is 5.73 Å². The first-order valence-corrected chi connectivity index (χ1v) is 9.45. The van der Waals surface area contributed by atoms with Crippen molar-refractivity contribution < 1.29 is 19.1 Å². The maximum Gasteiger partial charge on any atom is 0.255 e. The Morgan fingerprint density at radius 1 is 1.07 bits per heavy atom. The lowest BCUT2D eigenvalue weighted by Gasteiger charge is -2.36. The van der Waals surface area contributed by atoms with Crippen LogP contribution in [0.3, 0.4) is 0 Å². The van der Waals surface area contributed by atoms with E-state index in [4.69, 9.17) is 15.2 Å². The Bertz CT molecular complexity index is 800. The number of nitrogens with two attached hydrogens (primary N) is 1. The third-order valence-electron chi connectivity index (χ3n) is 4.67. The van der Waals surface area contributed by atoms with Crippen molar-refractivity contribution in [1.29, 1.82) is 0 Å². The SMILES string of the molecule is NC(=O)COc1ccc(NC(=O)C2(c3ccc(Br)cc3)CCOCC2)cc1. The van der Waals surface area contributed by atoms with Crippen molar-refractivity contribution in [3.63, 3.8) is 0 Å². The molecule has 3 N–H and O–H groups in total. The average molecular weight is 433 g/mol. The summed E-state index contributed by atoms with van der Waals surface area (Å²) in [5.41, 5.74) is 6.08. The summed E-state index contributed by atoms with van der Waals surface area (Å²) in [6, 6.07) is 14.7. The number of halogens is 1. The lowest BCUT2D eigenvalue weighted by Crippen LogP contribution is -2.44. The summed E-state index contributed by atoms with van der Waals surface area (Å²) >= 11 is 3.44. The first kappa shape index (κ1) is 19.4. The van der Waals surface area contributed by atoms with Gasteiger partial charge in [0.25, 0.3) is 5.91 Å². The van der Waals surface area contributed by atoms with Crippen LogP contribution in [0, 0.1) is 0 Å². The Morgan fingerprint density at radius 2 is 1.70 bits per heavy atom. The minimum atomic E-state index is -0.625. The van der Waals surface area contributed by atoms with Crippen LogP contribution in [0.25, 0.3) is 0 Å². The van der Waals surface area contributed by atoms with Crippen molar-refractivity contribution in [2.75, 3.05) is 25.1 Å². The number of benzene rings is 2. The van der Waals surface area contributed by atoms with Crippen molar-refractivity contribution >= 4 is 33.4 Å². The Hall–Kier alpha value is -2.38. The number of primary amides is 1. The summed E-state index contributed by atoms with van der Waals surface area (Å²) in [4.78, 5) is 24.0. The second-order valence-electron chi connectivity index (χ2n) is 6.43. The van der Waals surface area contributed by atoms with E-state index in [1.165, 1.54) is 0 Å². The highest BCUT2D eigenvalue weighted by molar-refractivity contribution is 9.10. The molecule has 0 saturated carbocycles. The monoisotopic (exact) mass is 432 g/mol. The molecule has 27 heavy (non-hydrogen) atoms. The molecule has 0 aromatic heterocycles. The van der Waals surface area contributed by atoms with Crippen LogP contribution in [0.1, 0.15) is 18.4 Å². The second kappa shape index (κ2) is 8.54. The maximum absolute atomic E-state index is 13.2. The quantitative estimate of drug-likeness (QED) is 0.733. The van der Waals surface area contributed by atoms with Gasteiger partial charge in [-0.05, 0) is 54.8 Å². The van der Waals surface area contributed by atoms with E-state index in [9.17, 15) is 9.59 Å². The van der Waals surface area contributed by atoms with E-state index >= 15 is 0 Å². The summed E-state index contributed by atoms with van der Waals surface area (Å²) in [7, 11) is 0. The minimum Gasteiger partial charge on any atom is -0.484 e. The van der Waals surface area contributed by atoms with Gasteiger partial charge in [0.1, 0.15) is 5.75 Å². The van der Waals surface area contributed by atoms with Crippen LogP contribution < -0.4 is 15.8 Å². The van der Waals surface area contributed by atoms with Gasteiger partial charge in [-0.1, -0.05) is 28.1 Å². The van der Waals surface area contributed by atoms with Gasteiger partial charge in [-0.15, -0.1) is 0 Å². The minimum absolute atomic E-state index is 0.0565. The normalized spacial score (nSPS) is 15.7. The molecular weight excluding hydrogens is 412 g/mol. The van der Waals surface area contributed by atoms with E-state index in [-0.39, 0.29) is 12.5 Å². The number of carbonyl (C=O) groups excluding carboxylic acids is 2. The molecule has 1 fully saturated rings. The third kappa shape index (κ3) is 4.67.